The van der Waals surface area contributed by atoms with Gasteiger partial charge in [0.15, 0.2) is 0 Å². The highest BCUT2D eigenvalue weighted by molar-refractivity contribution is 5.83. The molecule has 2 fully saturated rings. The lowest BCUT2D eigenvalue weighted by Crippen LogP contribution is -2.51. The number of carbonyl (C=O) groups is 1. The highest BCUT2D eigenvalue weighted by Gasteiger charge is 2.44. The molecule has 2 rings (SSSR count). The zero-order valence-corrected chi connectivity index (χ0v) is 11.6. The Hall–Kier alpha value is -0.610. The fourth-order valence-electron chi connectivity index (χ4n) is 3.00. The van der Waals surface area contributed by atoms with Crippen LogP contribution >= 0.6 is 0 Å². The van der Waals surface area contributed by atoms with Crippen molar-refractivity contribution in [2.45, 2.75) is 52.0 Å². The fourth-order valence-corrected chi connectivity index (χ4v) is 3.00. The second kappa shape index (κ2) is 5.17. The van der Waals surface area contributed by atoms with Crippen molar-refractivity contribution in [1.29, 1.82) is 0 Å². The first-order chi connectivity index (χ1) is 8.46. The molecule has 0 bridgehead atoms. The van der Waals surface area contributed by atoms with Crippen LogP contribution in [0.15, 0.2) is 0 Å². The summed E-state index contributed by atoms with van der Waals surface area (Å²) in [5.41, 5.74) is 5.69. The average molecular weight is 254 g/mol. The molecule has 4 nitrogen and oxygen atoms in total. The Morgan fingerprint density at radius 1 is 1.33 bits per heavy atom. The van der Waals surface area contributed by atoms with Crippen LogP contribution in [0.3, 0.4) is 0 Å². The predicted octanol–water partition coefficient (Wildman–Crippen LogP) is 1.44. The van der Waals surface area contributed by atoms with Crippen LogP contribution in [0, 0.1) is 10.8 Å². The van der Waals surface area contributed by atoms with Crippen LogP contribution in [-0.4, -0.2) is 31.7 Å². The van der Waals surface area contributed by atoms with Crippen LogP contribution in [0.2, 0.25) is 0 Å². The van der Waals surface area contributed by atoms with E-state index in [1.807, 2.05) is 6.92 Å². The van der Waals surface area contributed by atoms with Crippen LogP contribution in [0.1, 0.15) is 46.0 Å². The summed E-state index contributed by atoms with van der Waals surface area (Å²) in [4.78, 5) is 12.3. The highest BCUT2D eigenvalue weighted by Crippen LogP contribution is 2.35. The molecular weight excluding hydrogens is 228 g/mol. The normalized spacial score (nSPS) is 35.4. The predicted molar refractivity (Wildman–Crippen MR) is 71.1 cm³/mol. The van der Waals surface area contributed by atoms with E-state index in [1.165, 1.54) is 32.1 Å². The van der Waals surface area contributed by atoms with Gasteiger partial charge in [-0.15, -0.1) is 0 Å². The van der Waals surface area contributed by atoms with E-state index in [2.05, 4.69) is 12.2 Å². The van der Waals surface area contributed by atoms with Gasteiger partial charge >= 0.3 is 0 Å². The van der Waals surface area contributed by atoms with Gasteiger partial charge in [-0.1, -0.05) is 26.2 Å². The van der Waals surface area contributed by atoms with Crippen molar-refractivity contribution < 1.29 is 9.53 Å². The van der Waals surface area contributed by atoms with Crippen molar-refractivity contribution in [2.75, 3.05) is 19.8 Å². The molecule has 1 heterocycles. The number of nitrogens with two attached hydrogens (primary N) is 1. The molecule has 3 N–H and O–H groups in total. The van der Waals surface area contributed by atoms with Crippen molar-refractivity contribution in [3.8, 4) is 0 Å². The molecule has 0 aromatic rings. The Bertz CT molecular complexity index is 313. The van der Waals surface area contributed by atoms with E-state index < -0.39 is 5.41 Å². The van der Waals surface area contributed by atoms with Gasteiger partial charge in [-0.3, -0.25) is 4.79 Å². The summed E-state index contributed by atoms with van der Waals surface area (Å²) < 4.78 is 5.32. The lowest BCUT2D eigenvalue weighted by molar-refractivity contribution is -0.131. The Morgan fingerprint density at radius 2 is 2.00 bits per heavy atom. The molecule has 0 radical (unpaired) electrons. The molecule has 18 heavy (non-hydrogen) atoms. The molecule has 2 aliphatic rings. The van der Waals surface area contributed by atoms with Gasteiger partial charge in [0.25, 0.3) is 0 Å². The van der Waals surface area contributed by atoms with Gasteiger partial charge in [0, 0.05) is 12.6 Å². The zero-order valence-electron chi connectivity index (χ0n) is 11.6. The maximum atomic E-state index is 12.3. The maximum Gasteiger partial charge on any atom is 0.229 e. The zero-order chi connectivity index (χ0) is 13.2. The van der Waals surface area contributed by atoms with Gasteiger partial charge < -0.3 is 15.8 Å². The smallest absolute Gasteiger partial charge is 0.229 e. The summed E-state index contributed by atoms with van der Waals surface area (Å²) in [5.74, 6) is 0.0549. The molecule has 1 saturated heterocycles. The van der Waals surface area contributed by atoms with E-state index in [-0.39, 0.29) is 17.4 Å². The third-order valence-corrected chi connectivity index (χ3v) is 4.77. The largest absolute Gasteiger partial charge is 0.379 e. The fraction of sp³-hybridized carbons (Fsp3) is 0.929. The summed E-state index contributed by atoms with van der Waals surface area (Å²) in [7, 11) is 0. The SMILES string of the molecule is CC1(CNC(=O)C2(C)COCC2N)CCCCC1. The Morgan fingerprint density at radius 3 is 2.56 bits per heavy atom. The Kier molecular flexibility index (Phi) is 3.97. The molecule has 2 atom stereocenters. The minimum absolute atomic E-state index is 0.0549. The third kappa shape index (κ3) is 2.69. The first kappa shape index (κ1) is 13.8. The topological polar surface area (TPSA) is 64.3 Å². The van der Waals surface area contributed by atoms with Crippen LogP contribution in [0.4, 0.5) is 0 Å². The van der Waals surface area contributed by atoms with E-state index in [1.54, 1.807) is 0 Å². The van der Waals surface area contributed by atoms with Gasteiger partial charge in [-0.05, 0) is 25.2 Å². The molecule has 2 unspecified atom stereocenters. The quantitative estimate of drug-likeness (QED) is 0.801. The summed E-state index contributed by atoms with van der Waals surface area (Å²) in [6.45, 7) is 5.88. The number of rotatable bonds is 3. The van der Waals surface area contributed by atoms with Crippen molar-refractivity contribution in [3.05, 3.63) is 0 Å². The molecule has 1 amide bonds. The maximum absolute atomic E-state index is 12.3. The number of hydrogen-bond donors (Lipinski definition) is 2. The Labute approximate surface area is 110 Å². The average Bonchev–Trinajstić information content (AvgIpc) is 2.69. The highest BCUT2D eigenvalue weighted by atomic mass is 16.5. The summed E-state index contributed by atoms with van der Waals surface area (Å²) in [6, 6.07) is -0.184. The van der Waals surface area contributed by atoms with Crippen LogP contribution in [-0.2, 0) is 9.53 Å². The second-order valence-electron chi connectivity index (χ2n) is 6.59. The lowest BCUT2D eigenvalue weighted by Gasteiger charge is -2.35. The molecule has 1 aliphatic heterocycles. The van der Waals surface area contributed by atoms with Crippen LogP contribution in [0.5, 0.6) is 0 Å². The molecule has 1 aliphatic carbocycles. The number of carbonyl (C=O) groups excluding carboxylic acids is 1. The number of hydrogen-bond acceptors (Lipinski definition) is 3. The number of nitrogens with one attached hydrogen (secondary N) is 1. The van der Waals surface area contributed by atoms with E-state index in [4.69, 9.17) is 10.5 Å². The molecule has 104 valence electrons. The monoisotopic (exact) mass is 254 g/mol. The van der Waals surface area contributed by atoms with Gasteiger partial charge in [0.1, 0.15) is 0 Å². The van der Waals surface area contributed by atoms with E-state index in [0.29, 0.717) is 13.2 Å². The molecule has 4 heteroatoms. The van der Waals surface area contributed by atoms with Gasteiger partial charge in [0.2, 0.25) is 5.91 Å². The minimum Gasteiger partial charge on any atom is -0.379 e. The second-order valence-corrected chi connectivity index (χ2v) is 6.59. The van der Waals surface area contributed by atoms with E-state index in [9.17, 15) is 4.79 Å². The summed E-state index contributed by atoms with van der Waals surface area (Å²) in [6.07, 6.45) is 6.33. The van der Waals surface area contributed by atoms with Crippen molar-refractivity contribution in [1.82, 2.24) is 5.32 Å². The van der Waals surface area contributed by atoms with Gasteiger partial charge in [-0.25, -0.2) is 0 Å². The van der Waals surface area contributed by atoms with Crippen LogP contribution < -0.4 is 11.1 Å². The molecule has 0 spiro atoms. The van der Waals surface area contributed by atoms with Gasteiger partial charge in [0.05, 0.1) is 18.6 Å². The number of ether oxygens (including phenoxy) is 1. The van der Waals surface area contributed by atoms with Gasteiger partial charge in [-0.2, -0.15) is 0 Å². The summed E-state index contributed by atoms with van der Waals surface area (Å²) in [5, 5.41) is 3.11. The molecule has 1 saturated carbocycles. The molecular formula is C14H26N2O2. The van der Waals surface area contributed by atoms with E-state index in [0.717, 1.165) is 6.54 Å². The van der Waals surface area contributed by atoms with Crippen molar-refractivity contribution >= 4 is 5.91 Å². The molecule has 0 aromatic heterocycles. The van der Waals surface area contributed by atoms with Crippen LogP contribution in [0.25, 0.3) is 0 Å². The minimum atomic E-state index is -0.551. The van der Waals surface area contributed by atoms with Crippen molar-refractivity contribution in [2.24, 2.45) is 16.6 Å². The summed E-state index contributed by atoms with van der Waals surface area (Å²) >= 11 is 0. The first-order valence-electron chi connectivity index (χ1n) is 7.08. The lowest BCUT2D eigenvalue weighted by atomic mass is 9.75. The standard InChI is InChI=1S/C14H26N2O2/c1-13(6-4-3-5-7-13)9-16-12(17)14(2)10-18-8-11(14)15/h11H,3-10,15H2,1-2H3,(H,16,17). The Balaban J connectivity index is 1.88. The first-order valence-corrected chi connectivity index (χ1v) is 7.08. The molecule has 0 aromatic carbocycles. The van der Waals surface area contributed by atoms with Crippen molar-refractivity contribution in [3.63, 3.8) is 0 Å². The number of amides is 1. The third-order valence-electron chi connectivity index (χ3n) is 4.77. The van der Waals surface area contributed by atoms with E-state index >= 15 is 0 Å².